The Bertz CT molecular complexity index is 608. The first kappa shape index (κ1) is 14.1. The highest BCUT2D eigenvalue weighted by atomic mass is 16.5. The van der Waals surface area contributed by atoms with Crippen LogP contribution in [0.4, 0.5) is 0 Å². The van der Waals surface area contributed by atoms with Crippen molar-refractivity contribution in [2.75, 3.05) is 0 Å². The summed E-state index contributed by atoms with van der Waals surface area (Å²) in [6.45, 7) is 4.42. The monoisotopic (exact) mass is 271 g/mol. The molecule has 0 amide bonds. The Morgan fingerprint density at radius 2 is 2.10 bits per heavy atom. The van der Waals surface area contributed by atoms with Gasteiger partial charge in [-0.25, -0.2) is 9.78 Å². The Balaban J connectivity index is 2.13. The molecule has 0 aliphatic heterocycles. The summed E-state index contributed by atoms with van der Waals surface area (Å²) >= 11 is 0. The molecule has 1 heterocycles. The van der Waals surface area contributed by atoms with E-state index in [4.69, 9.17) is 9.84 Å². The SMILES string of the molecule is CC(C)c1cccc(OCc2cccnc2C(=O)O)c1. The molecular weight excluding hydrogens is 254 g/mol. The van der Waals surface area contributed by atoms with E-state index in [2.05, 4.69) is 18.8 Å². The van der Waals surface area contributed by atoms with Gasteiger partial charge in [-0.3, -0.25) is 0 Å². The number of pyridine rings is 1. The minimum Gasteiger partial charge on any atom is -0.489 e. The smallest absolute Gasteiger partial charge is 0.354 e. The summed E-state index contributed by atoms with van der Waals surface area (Å²) in [5.74, 6) is 0.114. The Kier molecular flexibility index (Phi) is 4.35. The van der Waals surface area contributed by atoms with Gasteiger partial charge in [0.15, 0.2) is 5.69 Å². The van der Waals surface area contributed by atoms with E-state index < -0.39 is 5.97 Å². The number of benzene rings is 1. The van der Waals surface area contributed by atoms with Gasteiger partial charge in [0.25, 0.3) is 0 Å². The van der Waals surface area contributed by atoms with Crippen LogP contribution in [0, 0.1) is 0 Å². The van der Waals surface area contributed by atoms with Crippen LogP contribution in [0.15, 0.2) is 42.6 Å². The number of carboxylic acid groups (broad SMARTS) is 1. The highest BCUT2D eigenvalue weighted by Gasteiger charge is 2.11. The van der Waals surface area contributed by atoms with Crippen molar-refractivity contribution in [1.82, 2.24) is 4.98 Å². The van der Waals surface area contributed by atoms with Crippen molar-refractivity contribution in [1.29, 1.82) is 0 Å². The van der Waals surface area contributed by atoms with Crippen LogP contribution in [0.2, 0.25) is 0 Å². The van der Waals surface area contributed by atoms with Crippen molar-refractivity contribution in [3.63, 3.8) is 0 Å². The molecule has 1 aromatic heterocycles. The zero-order valence-corrected chi connectivity index (χ0v) is 11.5. The van der Waals surface area contributed by atoms with Gasteiger partial charge in [-0.1, -0.05) is 32.0 Å². The first-order valence-electron chi connectivity index (χ1n) is 6.48. The van der Waals surface area contributed by atoms with Crippen molar-refractivity contribution in [3.8, 4) is 5.75 Å². The number of ether oxygens (including phenoxy) is 1. The van der Waals surface area contributed by atoms with Crippen molar-refractivity contribution in [3.05, 3.63) is 59.4 Å². The first-order chi connectivity index (χ1) is 9.58. The van der Waals surface area contributed by atoms with Crippen LogP contribution in [-0.2, 0) is 6.61 Å². The van der Waals surface area contributed by atoms with E-state index in [0.29, 0.717) is 11.5 Å². The molecule has 4 nitrogen and oxygen atoms in total. The van der Waals surface area contributed by atoms with Crippen LogP contribution < -0.4 is 4.74 Å². The molecule has 0 spiro atoms. The van der Waals surface area contributed by atoms with Crippen molar-refractivity contribution in [2.24, 2.45) is 0 Å². The maximum absolute atomic E-state index is 11.1. The lowest BCUT2D eigenvalue weighted by atomic mass is 10.0. The summed E-state index contributed by atoms with van der Waals surface area (Å²) in [5.41, 5.74) is 1.79. The summed E-state index contributed by atoms with van der Waals surface area (Å²) in [7, 11) is 0. The minimum absolute atomic E-state index is 0.0347. The molecule has 1 N–H and O–H groups in total. The molecule has 0 aliphatic carbocycles. The summed E-state index contributed by atoms with van der Waals surface area (Å²) in [6.07, 6.45) is 1.46. The van der Waals surface area contributed by atoms with Gasteiger partial charge < -0.3 is 9.84 Å². The molecule has 0 fully saturated rings. The van der Waals surface area contributed by atoms with Gasteiger partial charge in [-0.15, -0.1) is 0 Å². The van der Waals surface area contributed by atoms with E-state index in [0.717, 1.165) is 5.75 Å². The predicted molar refractivity (Wildman–Crippen MR) is 76.1 cm³/mol. The first-order valence-corrected chi connectivity index (χ1v) is 6.48. The fourth-order valence-corrected chi connectivity index (χ4v) is 1.87. The lowest BCUT2D eigenvalue weighted by molar-refractivity contribution is 0.0687. The number of aromatic nitrogens is 1. The predicted octanol–water partition coefficient (Wildman–Crippen LogP) is 3.48. The van der Waals surface area contributed by atoms with Gasteiger partial charge in [-0.2, -0.15) is 0 Å². The van der Waals surface area contributed by atoms with Gasteiger partial charge in [0.1, 0.15) is 12.4 Å². The summed E-state index contributed by atoms with van der Waals surface area (Å²) in [4.78, 5) is 14.9. The molecule has 0 saturated carbocycles. The molecule has 0 bridgehead atoms. The number of aromatic carboxylic acids is 1. The third-order valence-electron chi connectivity index (χ3n) is 3.01. The fraction of sp³-hybridized carbons (Fsp3) is 0.250. The van der Waals surface area contributed by atoms with Crippen LogP contribution >= 0.6 is 0 Å². The molecule has 20 heavy (non-hydrogen) atoms. The Labute approximate surface area is 118 Å². The number of nitrogens with zero attached hydrogens (tertiary/aromatic N) is 1. The summed E-state index contributed by atoms with van der Waals surface area (Å²) < 4.78 is 5.67. The lowest BCUT2D eigenvalue weighted by Crippen LogP contribution is -2.08. The molecule has 0 atom stereocenters. The minimum atomic E-state index is -1.04. The van der Waals surface area contributed by atoms with Gasteiger partial charge in [0.05, 0.1) is 0 Å². The Hall–Kier alpha value is -2.36. The standard InChI is InChI=1S/C16H17NO3/c1-11(2)12-5-3-7-14(9-12)20-10-13-6-4-8-17-15(13)16(18)19/h3-9,11H,10H2,1-2H3,(H,18,19). The van der Waals surface area contributed by atoms with Crippen LogP contribution in [0.1, 0.15) is 41.4 Å². The molecule has 0 unspecified atom stereocenters. The third-order valence-corrected chi connectivity index (χ3v) is 3.01. The summed E-state index contributed by atoms with van der Waals surface area (Å²) in [5, 5.41) is 9.06. The Morgan fingerprint density at radius 3 is 2.80 bits per heavy atom. The molecule has 1 aromatic carbocycles. The molecule has 0 radical (unpaired) electrons. The van der Waals surface area contributed by atoms with E-state index >= 15 is 0 Å². The topological polar surface area (TPSA) is 59.4 Å². The number of hydrogen-bond donors (Lipinski definition) is 1. The maximum Gasteiger partial charge on any atom is 0.354 e. The third kappa shape index (κ3) is 3.35. The van der Waals surface area contributed by atoms with Crippen LogP contribution in [-0.4, -0.2) is 16.1 Å². The summed E-state index contributed by atoms with van der Waals surface area (Å²) in [6, 6.07) is 11.2. The zero-order valence-electron chi connectivity index (χ0n) is 11.5. The second-order valence-corrected chi connectivity index (χ2v) is 4.83. The second kappa shape index (κ2) is 6.19. The highest BCUT2D eigenvalue weighted by molar-refractivity contribution is 5.86. The van der Waals surface area contributed by atoms with E-state index in [1.807, 2.05) is 24.3 Å². The number of carbonyl (C=O) groups is 1. The van der Waals surface area contributed by atoms with Gasteiger partial charge >= 0.3 is 5.97 Å². The average molecular weight is 271 g/mol. The number of carboxylic acids is 1. The quantitative estimate of drug-likeness (QED) is 0.904. The van der Waals surface area contributed by atoms with E-state index in [-0.39, 0.29) is 12.3 Å². The van der Waals surface area contributed by atoms with Gasteiger partial charge in [0, 0.05) is 11.8 Å². The largest absolute Gasteiger partial charge is 0.489 e. The molecule has 4 heteroatoms. The average Bonchev–Trinajstić information content (AvgIpc) is 2.45. The van der Waals surface area contributed by atoms with Crippen LogP contribution in [0.3, 0.4) is 0 Å². The Morgan fingerprint density at radius 1 is 1.30 bits per heavy atom. The molecule has 2 aromatic rings. The lowest BCUT2D eigenvalue weighted by Gasteiger charge is -2.11. The fourth-order valence-electron chi connectivity index (χ4n) is 1.87. The molecule has 104 valence electrons. The maximum atomic E-state index is 11.1. The molecular formula is C16H17NO3. The van der Waals surface area contributed by atoms with Crippen LogP contribution in [0.25, 0.3) is 0 Å². The molecule has 0 aliphatic rings. The van der Waals surface area contributed by atoms with Crippen molar-refractivity contribution >= 4 is 5.97 Å². The van der Waals surface area contributed by atoms with E-state index in [9.17, 15) is 4.79 Å². The molecule has 2 rings (SSSR count). The van der Waals surface area contributed by atoms with E-state index in [1.165, 1.54) is 11.8 Å². The van der Waals surface area contributed by atoms with Crippen LogP contribution in [0.5, 0.6) is 5.75 Å². The second-order valence-electron chi connectivity index (χ2n) is 4.83. The highest BCUT2D eigenvalue weighted by Crippen LogP contribution is 2.21. The number of hydrogen-bond acceptors (Lipinski definition) is 3. The normalized spacial score (nSPS) is 10.6. The zero-order chi connectivity index (χ0) is 14.5. The molecule has 0 saturated heterocycles. The van der Waals surface area contributed by atoms with Crippen molar-refractivity contribution in [2.45, 2.75) is 26.4 Å². The number of rotatable bonds is 5. The van der Waals surface area contributed by atoms with Crippen molar-refractivity contribution < 1.29 is 14.6 Å². The van der Waals surface area contributed by atoms with E-state index in [1.54, 1.807) is 12.1 Å². The van der Waals surface area contributed by atoms with Gasteiger partial charge in [-0.05, 0) is 29.7 Å². The van der Waals surface area contributed by atoms with Gasteiger partial charge in [0.2, 0.25) is 0 Å².